The van der Waals surface area contributed by atoms with Crippen molar-refractivity contribution in [3.05, 3.63) is 48.6 Å². The van der Waals surface area contributed by atoms with E-state index in [0.717, 1.165) is 23.7 Å². The topological polar surface area (TPSA) is 9.23 Å². The molecule has 0 radical (unpaired) electrons. The molecule has 27 heavy (non-hydrogen) atoms. The number of ether oxygens (including phenoxy) is 1. The SMILES string of the molecule is C=CC1CCC(CCC2CCC(CCC(OC)c3ccccc3)CC2)CC1. The summed E-state index contributed by atoms with van der Waals surface area (Å²) in [7, 11) is 1.86. The Hall–Kier alpha value is -1.08. The normalized spacial score (nSPS) is 30.0. The molecule has 1 aromatic carbocycles. The summed E-state index contributed by atoms with van der Waals surface area (Å²) in [5, 5.41) is 0. The van der Waals surface area contributed by atoms with E-state index in [1.165, 1.54) is 82.6 Å². The van der Waals surface area contributed by atoms with Gasteiger partial charge in [0, 0.05) is 7.11 Å². The molecular formula is C26H40O. The van der Waals surface area contributed by atoms with Crippen molar-refractivity contribution in [2.45, 2.75) is 83.2 Å². The van der Waals surface area contributed by atoms with Crippen LogP contribution >= 0.6 is 0 Å². The lowest BCUT2D eigenvalue weighted by Gasteiger charge is -2.32. The van der Waals surface area contributed by atoms with E-state index in [1.807, 2.05) is 7.11 Å². The van der Waals surface area contributed by atoms with Gasteiger partial charge in [0.1, 0.15) is 0 Å². The zero-order valence-electron chi connectivity index (χ0n) is 17.5. The van der Waals surface area contributed by atoms with Crippen molar-refractivity contribution < 1.29 is 4.74 Å². The minimum absolute atomic E-state index is 0.273. The predicted octanol–water partition coefficient (Wildman–Crippen LogP) is 7.73. The first-order valence-electron chi connectivity index (χ1n) is 11.5. The number of hydrogen-bond donors (Lipinski definition) is 0. The molecule has 150 valence electrons. The van der Waals surface area contributed by atoms with E-state index >= 15 is 0 Å². The molecule has 1 unspecified atom stereocenters. The Morgan fingerprint density at radius 1 is 0.852 bits per heavy atom. The maximum atomic E-state index is 5.76. The van der Waals surface area contributed by atoms with Crippen molar-refractivity contribution in [2.75, 3.05) is 7.11 Å². The lowest BCUT2D eigenvalue weighted by molar-refractivity contribution is 0.0850. The minimum atomic E-state index is 0.273. The molecule has 0 aromatic heterocycles. The van der Waals surface area contributed by atoms with Crippen molar-refractivity contribution in [1.29, 1.82) is 0 Å². The largest absolute Gasteiger partial charge is 0.377 e. The van der Waals surface area contributed by atoms with Gasteiger partial charge in [0.2, 0.25) is 0 Å². The van der Waals surface area contributed by atoms with Gasteiger partial charge in [-0.3, -0.25) is 0 Å². The van der Waals surface area contributed by atoms with Gasteiger partial charge in [-0.25, -0.2) is 0 Å². The Labute approximate surface area is 167 Å². The second kappa shape index (κ2) is 11.1. The summed E-state index contributed by atoms with van der Waals surface area (Å²) in [5.74, 6) is 3.74. The number of hydrogen-bond acceptors (Lipinski definition) is 1. The first-order valence-corrected chi connectivity index (χ1v) is 11.5. The molecule has 3 rings (SSSR count). The van der Waals surface area contributed by atoms with Crippen LogP contribution in [0.5, 0.6) is 0 Å². The Bertz CT molecular complexity index is 520. The molecule has 0 amide bonds. The van der Waals surface area contributed by atoms with Crippen LogP contribution in [0.4, 0.5) is 0 Å². The van der Waals surface area contributed by atoms with Crippen LogP contribution in [0.1, 0.15) is 88.7 Å². The first kappa shape index (κ1) is 20.6. The zero-order chi connectivity index (χ0) is 18.9. The van der Waals surface area contributed by atoms with Gasteiger partial charge < -0.3 is 4.74 Å². The van der Waals surface area contributed by atoms with Crippen LogP contribution < -0.4 is 0 Å². The van der Waals surface area contributed by atoms with Crippen LogP contribution in [0.15, 0.2) is 43.0 Å². The fourth-order valence-corrected chi connectivity index (χ4v) is 5.47. The molecule has 0 saturated heterocycles. The highest BCUT2D eigenvalue weighted by molar-refractivity contribution is 5.17. The second-order valence-corrected chi connectivity index (χ2v) is 9.19. The molecule has 2 aliphatic rings. The second-order valence-electron chi connectivity index (χ2n) is 9.19. The third-order valence-electron chi connectivity index (χ3n) is 7.47. The van der Waals surface area contributed by atoms with E-state index < -0.39 is 0 Å². The maximum absolute atomic E-state index is 5.76. The van der Waals surface area contributed by atoms with Crippen molar-refractivity contribution in [3.8, 4) is 0 Å². The van der Waals surface area contributed by atoms with E-state index in [1.54, 1.807) is 0 Å². The fourth-order valence-electron chi connectivity index (χ4n) is 5.47. The molecule has 0 heterocycles. The molecule has 1 aromatic rings. The van der Waals surface area contributed by atoms with Crippen molar-refractivity contribution in [3.63, 3.8) is 0 Å². The molecule has 1 heteroatoms. The number of benzene rings is 1. The molecule has 1 atom stereocenters. The summed E-state index contributed by atoms with van der Waals surface area (Å²) in [6, 6.07) is 10.7. The van der Waals surface area contributed by atoms with Crippen molar-refractivity contribution >= 4 is 0 Å². The fraction of sp³-hybridized carbons (Fsp3) is 0.692. The summed E-state index contributed by atoms with van der Waals surface area (Å²) in [6.45, 7) is 3.98. The quantitative estimate of drug-likeness (QED) is 0.405. The third-order valence-corrected chi connectivity index (χ3v) is 7.47. The number of methoxy groups -OCH3 is 1. The van der Waals surface area contributed by atoms with E-state index in [9.17, 15) is 0 Å². The van der Waals surface area contributed by atoms with Gasteiger partial charge in [-0.2, -0.15) is 0 Å². The summed E-state index contributed by atoms with van der Waals surface area (Å²) >= 11 is 0. The molecule has 0 bridgehead atoms. The van der Waals surface area contributed by atoms with Crippen molar-refractivity contribution in [2.24, 2.45) is 23.7 Å². The Kier molecular flexibility index (Phi) is 8.45. The van der Waals surface area contributed by atoms with Gasteiger partial charge in [0.25, 0.3) is 0 Å². The number of rotatable bonds is 9. The molecule has 0 spiro atoms. The maximum Gasteiger partial charge on any atom is 0.0821 e. The smallest absolute Gasteiger partial charge is 0.0821 e. The summed E-state index contributed by atoms with van der Waals surface area (Å²) in [6.07, 6.45) is 19.4. The molecule has 0 N–H and O–H groups in total. The van der Waals surface area contributed by atoms with E-state index in [-0.39, 0.29) is 6.10 Å². The van der Waals surface area contributed by atoms with Crippen LogP contribution in [0, 0.1) is 23.7 Å². The van der Waals surface area contributed by atoms with Gasteiger partial charge in [-0.1, -0.05) is 74.9 Å². The van der Waals surface area contributed by atoms with Gasteiger partial charge >= 0.3 is 0 Å². The molecule has 2 saturated carbocycles. The Morgan fingerprint density at radius 2 is 1.37 bits per heavy atom. The number of allylic oxidation sites excluding steroid dienone is 1. The highest BCUT2D eigenvalue weighted by Gasteiger charge is 2.24. The van der Waals surface area contributed by atoms with Gasteiger partial charge in [-0.15, -0.1) is 6.58 Å². The summed E-state index contributed by atoms with van der Waals surface area (Å²) in [4.78, 5) is 0. The highest BCUT2D eigenvalue weighted by atomic mass is 16.5. The molecule has 2 aliphatic carbocycles. The lowest BCUT2D eigenvalue weighted by Crippen LogP contribution is -2.18. The van der Waals surface area contributed by atoms with Crippen molar-refractivity contribution in [1.82, 2.24) is 0 Å². The van der Waals surface area contributed by atoms with Gasteiger partial charge in [-0.05, 0) is 67.8 Å². The third kappa shape index (κ3) is 6.49. The Balaban J connectivity index is 1.31. The highest BCUT2D eigenvalue weighted by Crippen LogP contribution is 2.38. The van der Waals surface area contributed by atoms with E-state index in [0.29, 0.717) is 0 Å². The van der Waals surface area contributed by atoms with Gasteiger partial charge in [0.15, 0.2) is 0 Å². The summed E-state index contributed by atoms with van der Waals surface area (Å²) < 4.78 is 5.76. The van der Waals surface area contributed by atoms with Crippen LogP contribution in [0.2, 0.25) is 0 Å². The molecular weight excluding hydrogens is 328 g/mol. The molecule has 2 fully saturated rings. The first-order chi connectivity index (χ1) is 13.3. The van der Waals surface area contributed by atoms with Gasteiger partial charge in [0.05, 0.1) is 6.10 Å². The standard InChI is InChI=1S/C26H40O/c1-3-21-9-11-22(12-10-21)13-14-23-15-17-24(18-16-23)19-20-26(27-2)25-7-5-4-6-8-25/h3-8,21-24,26H,1,9-20H2,2H3. The average molecular weight is 369 g/mol. The molecule has 1 nitrogen and oxygen atoms in total. The van der Waals surface area contributed by atoms with E-state index in [4.69, 9.17) is 4.74 Å². The van der Waals surface area contributed by atoms with Crippen LogP contribution in [-0.2, 0) is 4.74 Å². The monoisotopic (exact) mass is 368 g/mol. The molecule has 0 aliphatic heterocycles. The predicted molar refractivity (Wildman–Crippen MR) is 116 cm³/mol. The van der Waals surface area contributed by atoms with Crippen LogP contribution in [-0.4, -0.2) is 7.11 Å². The van der Waals surface area contributed by atoms with E-state index in [2.05, 4.69) is 43.0 Å². The van der Waals surface area contributed by atoms with Crippen LogP contribution in [0.25, 0.3) is 0 Å². The Morgan fingerprint density at radius 3 is 1.89 bits per heavy atom. The van der Waals surface area contributed by atoms with Crippen LogP contribution in [0.3, 0.4) is 0 Å². The average Bonchev–Trinajstić information content (AvgIpc) is 2.74. The lowest BCUT2D eigenvalue weighted by atomic mass is 9.75. The summed E-state index contributed by atoms with van der Waals surface area (Å²) in [5.41, 5.74) is 1.33. The zero-order valence-corrected chi connectivity index (χ0v) is 17.5. The minimum Gasteiger partial charge on any atom is -0.377 e.